The lowest BCUT2D eigenvalue weighted by molar-refractivity contribution is 0.0934. The lowest BCUT2D eigenvalue weighted by atomic mass is 9.64. The van der Waals surface area contributed by atoms with Crippen LogP contribution in [0.15, 0.2) is 4.21 Å². The second-order valence-electron chi connectivity index (χ2n) is 7.66. The van der Waals surface area contributed by atoms with E-state index in [0.717, 1.165) is 30.6 Å². The molecule has 1 fully saturated rings. The largest absolute Gasteiger partial charge is 0.375 e. The minimum absolute atomic E-state index is 0.0449. The molecule has 0 aliphatic heterocycles. The number of hydrogen-bond acceptors (Lipinski definition) is 5. The van der Waals surface area contributed by atoms with Gasteiger partial charge in [-0.05, 0) is 37.0 Å². The van der Waals surface area contributed by atoms with Crippen molar-refractivity contribution in [3.05, 3.63) is 5.69 Å². The smallest absolute Gasteiger partial charge is 0.252 e. The van der Waals surface area contributed by atoms with Gasteiger partial charge in [0, 0.05) is 6.04 Å². The molecule has 21 heavy (non-hydrogen) atoms. The van der Waals surface area contributed by atoms with Crippen LogP contribution in [0.25, 0.3) is 0 Å². The van der Waals surface area contributed by atoms with Crippen molar-refractivity contribution in [2.24, 2.45) is 10.8 Å². The highest BCUT2D eigenvalue weighted by atomic mass is 32.2. The molecule has 1 saturated carbocycles. The predicted octanol–water partition coefficient (Wildman–Crippen LogP) is 2.92. The van der Waals surface area contributed by atoms with Gasteiger partial charge in [0.15, 0.2) is 9.34 Å². The second-order valence-corrected chi connectivity index (χ2v) is 10.6. The maximum atomic E-state index is 12.6. The molecule has 0 aromatic carbocycles. The predicted molar refractivity (Wildman–Crippen MR) is 86.8 cm³/mol. The Labute approximate surface area is 131 Å². The summed E-state index contributed by atoms with van der Waals surface area (Å²) in [4.78, 5) is 4.00. The van der Waals surface area contributed by atoms with E-state index >= 15 is 0 Å². The summed E-state index contributed by atoms with van der Waals surface area (Å²) >= 11 is 1.03. The molecule has 0 unspecified atom stereocenters. The van der Waals surface area contributed by atoms with Gasteiger partial charge in [-0.2, -0.15) is 0 Å². The van der Waals surface area contributed by atoms with E-state index < -0.39 is 10.0 Å². The first-order valence-electron chi connectivity index (χ1n) is 7.16. The number of anilines is 1. The fourth-order valence-electron chi connectivity index (χ4n) is 3.85. The van der Waals surface area contributed by atoms with Crippen LogP contribution >= 0.6 is 11.3 Å². The van der Waals surface area contributed by atoms with Gasteiger partial charge in [0.1, 0.15) is 0 Å². The fourth-order valence-corrected chi connectivity index (χ4v) is 6.41. The average Bonchev–Trinajstić information content (AvgIpc) is 2.52. The number of aromatic nitrogens is 1. The molecule has 0 amide bonds. The number of nitrogens with one attached hydrogen (secondary N) is 1. The van der Waals surface area contributed by atoms with E-state index in [0.29, 0.717) is 5.69 Å². The topological polar surface area (TPSA) is 85.1 Å². The molecule has 120 valence electrons. The fraction of sp³-hybridized carbons (Fsp3) is 0.786. The molecule has 0 radical (unpaired) electrons. The number of nitrogens with zero attached hydrogens (tertiary/aromatic N) is 1. The number of sulfonamides is 1. The van der Waals surface area contributed by atoms with Crippen molar-refractivity contribution < 1.29 is 8.42 Å². The lowest BCUT2D eigenvalue weighted by Crippen LogP contribution is -2.45. The molecule has 1 aliphatic carbocycles. The monoisotopic (exact) mass is 331 g/mol. The number of hydrogen-bond donors (Lipinski definition) is 2. The summed E-state index contributed by atoms with van der Waals surface area (Å²) < 4.78 is 28.2. The van der Waals surface area contributed by atoms with Gasteiger partial charge >= 0.3 is 0 Å². The van der Waals surface area contributed by atoms with Crippen LogP contribution in [-0.4, -0.2) is 19.4 Å². The van der Waals surface area contributed by atoms with Crippen LogP contribution in [-0.2, 0) is 10.0 Å². The Morgan fingerprint density at radius 2 is 1.76 bits per heavy atom. The first-order chi connectivity index (χ1) is 9.40. The van der Waals surface area contributed by atoms with Gasteiger partial charge < -0.3 is 5.73 Å². The molecule has 1 aromatic rings. The summed E-state index contributed by atoms with van der Waals surface area (Å²) in [5.74, 6) is 0. The third-order valence-corrected chi connectivity index (χ3v) is 7.01. The van der Waals surface area contributed by atoms with E-state index in [1.54, 1.807) is 6.92 Å². The van der Waals surface area contributed by atoms with E-state index in [-0.39, 0.29) is 26.2 Å². The summed E-state index contributed by atoms with van der Waals surface area (Å²) in [6.07, 6.45) is 2.80. The Morgan fingerprint density at radius 3 is 2.19 bits per heavy atom. The minimum Gasteiger partial charge on any atom is -0.375 e. The summed E-state index contributed by atoms with van der Waals surface area (Å²) in [6.45, 7) is 10.5. The SMILES string of the molecule is Cc1nc(N)sc1S(=O)(=O)NC1CC(C)(C)CC(C)(C)C1. The summed E-state index contributed by atoms with van der Waals surface area (Å²) in [5.41, 5.74) is 6.35. The first-order valence-corrected chi connectivity index (χ1v) is 9.45. The number of aryl methyl sites for hydroxylation is 1. The van der Waals surface area contributed by atoms with Crippen molar-refractivity contribution in [2.45, 2.75) is 64.1 Å². The molecule has 5 nitrogen and oxygen atoms in total. The molecular weight excluding hydrogens is 306 g/mol. The van der Waals surface area contributed by atoms with Crippen LogP contribution in [0.5, 0.6) is 0 Å². The molecule has 0 bridgehead atoms. The van der Waals surface area contributed by atoms with Gasteiger partial charge in [0.25, 0.3) is 10.0 Å². The molecule has 0 atom stereocenters. The standard InChI is InChI=1S/C14H25N3O2S2/c1-9-11(20-12(15)16-9)21(18,19)17-10-6-13(2,3)8-14(4,5)7-10/h10,17H,6-8H2,1-5H3,(H2,15,16). The molecule has 2 rings (SSSR count). The zero-order valence-corrected chi connectivity index (χ0v) is 15.0. The molecule has 0 spiro atoms. The highest BCUT2D eigenvalue weighted by molar-refractivity contribution is 7.91. The van der Waals surface area contributed by atoms with E-state index in [9.17, 15) is 8.42 Å². The molecule has 1 heterocycles. The third-order valence-electron chi connectivity index (χ3n) is 3.89. The van der Waals surface area contributed by atoms with Gasteiger partial charge in [-0.25, -0.2) is 18.1 Å². The Hall–Kier alpha value is -0.660. The van der Waals surface area contributed by atoms with E-state index in [4.69, 9.17) is 5.73 Å². The Morgan fingerprint density at radius 1 is 1.24 bits per heavy atom. The normalized spacial score (nSPS) is 22.3. The van der Waals surface area contributed by atoms with E-state index in [1.807, 2.05) is 0 Å². The quantitative estimate of drug-likeness (QED) is 0.892. The summed E-state index contributed by atoms with van der Waals surface area (Å²) in [5, 5.41) is 0.289. The number of thiazole rings is 1. The summed E-state index contributed by atoms with van der Waals surface area (Å²) in [6, 6.07) is -0.0449. The molecule has 1 aliphatic rings. The first kappa shape index (κ1) is 16.7. The van der Waals surface area contributed by atoms with Crippen molar-refractivity contribution in [3.8, 4) is 0 Å². The molecule has 0 saturated heterocycles. The van der Waals surface area contributed by atoms with Crippen LogP contribution in [0, 0.1) is 17.8 Å². The van der Waals surface area contributed by atoms with Gasteiger partial charge in [-0.1, -0.05) is 39.0 Å². The average molecular weight is 332 g/mol. The summed E-state index contributed by atoms with van der Waals surface area (Å²) in [7, 11) is -3.54. The van der Waals surface area contributed by atoms with Crippen LogP contribution < -0.4 is 10.5 Å². The van der Waals surface area contributed by atoms with Crippen molar-refractivity contribution >= 4 is 26.5 Å². The zero-order valence-electron chi connectivity index (χ0n) is 13.4. The Kier molecular flexibility index (Phi) is 4.14. The van der Waals surface area contributed by atoms with Crippen LogP contribution in [0.3, 0.4) is 0 Å². The third kappa shape index (κ3) is 3.96. The van der Waals surface area contributed by atoms with Crippen molar-refractivity contribution in [1.82, 2.24) is 9.71 Å². The van der Waals surface area contributed by atoms with Gasteiger partial charge in [0.05, 0.1) is 5.69 Å². The van der Waals surface area contributed by atoms with Gasteiger partial charge in [0.2, 0.25) is 0 Å². The van der Waals surface area contributed by atoms with Crippen LogP contribution in [0.2, 0.25) is 0 Å². The van der Waals surface area contributed by atoms with Crippen molar-refractivity contribution in [3.63, 3.8) is 0 Å². The van der Waals surface area contributed by atoms with E-state index in [1.165, 1.54) is 0 Å². The maximum Gasteiger partial charge on any atom is 0.252 e. The number of nitrogen functional groups attached to an aromatic ring is 1. The highest BCUT2D eigenvalue weighted by Crippen LogP contribution is 2.46. The maximum absolute atomic E-state index is 12.6. The molecule has 7 heteroatoms. The minimum atomic E-state index is -3.54. The van der Waals surface area contributed by atoms with Gasteiger partial charge in [-0.15, -0.1) is 0 Å². The lowest BCUT2D eigenvalue weighted by Gasteiger charge is -2.44. The van der Waals surface area contributed by atoms with E-state index in [2.05, 4.69) is 37.4 Å². The molecule has 1 aromatic heterocycles. The number of rotatable bonds is 3. The van der Waals surface area contributed by atoms with Gasteiger partial charge in [-0.3, -0.25) is 0 Å². The highest BCUT2D eigenvalue weighted by Gasteiger charge is 2.40. The Balaban J connectivity index is 2.22. The molecular formula is C14H25N3O2S2. The zero-order chi connectivity index (χ0) is 16.1. The molecule has 3 N–H and O–H groups in total. The second kappa shape index (κ2) is 5.21. The Bertz CT molecular complexity index is 617. The van der Waals surface area contributed by atoms with Crippen molar-refractivity contribution in [1.29, 1.82) is 0 Å². The van der Waals surface area contributed by atoms with Crippen molar-refractivity contribution in [2.75, 3.05) is 5.73 Å². The number of nitrogens with two attached hydrogens (primary N) is 1. The van der Waals surface area contributed by atoms with Crippen LogP contribution in [0.4, 0.5) is 5.13 Å². The van der Waals surface area contributed by atoms with Crippen LogP contribution in [0.1, 0.15) is 52.7 Å².